The zero-order valence-corrected chi connectivity index (χ0v) is 11.5. The third-order valence-electron chi connectivity index (χ3n) is 3.86. The van der Waals surface area contributed by atoms with E-state index < -0.39 is 0 Å². The molecule has 0 aliphatic heterocycles. The van der Waals surface area contributed by atoms with Gasteiger partial charge in [0.05, 0.1) is 12.8 Å². The molecule has 0 bridgehead atoms. The van der Waals surface area contributed by atoms with Crippen molar-refractivity contribution in [2.75, 3.05) is 19.0 Å². The summed E-state index contributed by atoms with van der Waals surface area (Å²) in [4.78, 5) is 4.46. The molecule has 5 nitrogen and oxygen atoms in total. The first kappa shape index (κ1) is 12.4. The van der Waals surface area contributed by atoms with Crippen LogP contribution in [0.25, 0.3) is 5.65 Å². The lowest BCUT2D eigenvalue weighted by atomic mass is 10.1. The number of methoxy groups -OCH3 is 1. The molecule has 0 radical (unpaired) electrons. The Morgan fingerprint density at radius 1 is 1.47 bits per heavy atom. The lowest BCUT2D eigenvalue weighted by molar-refractivity contribution is 0.150. The molecular weight excluding hydrogens is 240 g/mol. The quantitative estimate of drug-likeness (QED) is 0.916. The number of hydrogen-bond acceptors (Lipinski definition) is 4. The zero-order chi connectivity index (χ0) is 13.2. The SMILES string of the molecule is COCC1CCCC1Nc1cc(C)nc2ccnn12. The third kappa shape index (κ3) is 2.42. The van der Waals surface area contributed by atoms with E-state index in [1.807, 2.05) is 17.5 Å². The molecule has 1 saturated carbocycles. The van der Waals surface area contributed by atoms with E-state index in [-0.39, 0.29) is 0 Å². The lowest BCUT2D eigenvalue weighted by Gasteiger charge is -2.21. The first-order chi connectivity index (χ1) is 9.28. The molecule has 2 heterocycles. The molecule has 0 amide bonds. The molecule has 2 aromatic rings. The van der Waals surface area contributed by atoms with Crippen molar-refractivity contribution in [3.8, 4) is 0 Å². The fraction of sp³-hybridized carbons (Fsp3) is 0.571. The fourth-order valence-electron chi connectivity index (χ4n) is 2.97. The zero-order valence-electron chi connectivity index (χ0n) is 11.5. The predicted molar refractivity (Wildman–Crippen MR) is 74.4 cm³/mol. The molecule has 0 saturated heterocycles. The highest BCUT2D eigenvalue weighted by atomic mass is 16.5. The van der Waals surface area contributed by atoms with Crippen LogP contribution in [0.3, 0.4) is 0 Å². The van der Waals surface area contributed by atoms with Gasteiger partial charge in [-0.05, 0) is 19.8 Å². The van der Waals surface area contributed by atoms with Crippen molar-refractivity contribution in [2.24, 2.45) is 5.92 Å². The first-order valence-electron chi connectivity index (χ1n) is 6.85. The van der Waals surface area contributed by atoms with Crippen LogP contribution in [0.1, 0.15) is 25.0 Å². The standard InChI is InChI=1S/C14H20N4O/c1-10-8-14(18-13(16-10)6-7-15-18)17-12-5-3-4-11(12)9-19-2/h6-8,11-12,17H,3-5,9H2,1-2H3. The van der Waals surface area contributed by atoms with Crippen LogP contribution in [0.4, 0.5) is 5.82 Å². The van der Waals surface area contributed by atoms with E-state index in [1.54, 1.807) is 13.3 Å². The van der Waals surface area contributed by atoms with Gasteiger partial charge in [0, 0.05) is 36.9 Å². The van der Waals surface area contributed by atoms with Gasteiger partial charge in [0.2, 0.25) is 0 Å². The van der Waals surface area contributed by atoms with Gasteiger partial charge < -0.3 is 10.1 Å². The number of nitrogens with one attached hydrogen (secondary N) is 1. The van der Waals surface area contributed by atoms with Crippen LogP contribution in [-0.2, 0) is 4.74 Å². The summed E-state index contributed by atoms with van der Waals surface area (Å²) in [6.45, 7) is 2.84. The lowest BCUT2D eigenvalue weighted by Crippen LogP contribution is -2.28. The predicted octanol–water partition coefficient (Wildman–Crippen LogP) is 2.26. The molecule has 5 heteroatoms. The van der Waals surface area contributed by atoms with Crippen molar-refractivity contribution in [3.05, 3.63) is 24.0 Å². The molecule has 1 N–H and O–H groups in total. The molecule has 0 spiro atoms. The third-order valence-corrected chi connectivity index (χ3v) is 3.86. The number of nitrogens with zero attached hydrogens (tertiary/aromatic N) is 3. The second kappa shape index (κ2) is 5.17. The Bertz CT molecular complexity index is 566. The summed E-state index contributed by atoms with van der Waals surface area (Å²) in [5.74, 6) is 1.62. The maximum Gasteiger partial charge on any atom is 0.157 e. The topological polar surface area (TPSA) is 51.5 Å². The minimum Gasteiger partial charge on any atom is -0.384 e. The van der Waals surface area contributed by atoms with E-state index in [2.05, 4.69) is 21.5 Å². The molecule has 2 aromatic heterocycles. The molecular formula is C14H20N4O. The van der Waals surface area contributed by atoms with Gasteiger partial charge in [-0.1, -0.05) is 6.42 Å². The maximum atomic E-state index is 5.32. The molecule has 0 aromatic carbocycles. The van der Waals surface area contributed by atoms with Crippen LogP contribution in [-0.4, -0.2) is 34.4 Å². The van der Waals surface area contributed by atoms with Gasteiger partial charge in [0.25, 0.3) is 0 Å². The molecule has 1 aliphatic carbocycles. The van der Waals surface area contributed by atoms with Crippen molar-refractivity contribution in [1.29, 1.82) is 0 Å². The number of anilines is 1. The second-order valence-electron chi connectivity index (χ2n) is 5.28. The molecule has 1 aliphatic rings. The Balaban J connectivity index is 1.86. The normalized spacial score (nSPS) is 23.1. The Kier molecular flexibility index (Phi) is 3.38. The number of ether oxygens (including phenoxy) is 1. The average Bonchev–Trinajstić information content (AvgIpc) is 2.99. The number of aromatic nitrogens is 3. The van der Waals surface area contributed by atoms with Crippen molar-refractivity contribution in [2.45, 2.75) is 32.2 Å². The van der Waals surface area contributed by atoms with Gasteiger partial charge in [0.15, 0.2) is 5.65 Å². The van der Waals surface area contributed by atoms with Crippen molar-refractivity contribution in [1.82, 2.24) is 14.6 Å². The van der Waals surface area contributed by atoms with Crippen LogP contribution in [0.2, 0.25) is 0 Å². The summed E-state index contributed by atoms with van der Waals surface area (Å²) in [5, 5.41) is 7.96. The van der Waals surface area contributed by atoms with Crippen LogP contribution < -0.4 is 5.32 Å². The highest BCUT2D eigenvalue weighted by Gasteiger charge is 2.27. The van der Waals surface area contributed by atoms with Gasteiger partial charge in [0.1, 0.15) is 5.82 Å². The van der Waals surface area contributed by atoms with Crippen molar-refractivity contribution in [3.63, 3.8) is 0 Å². The van der Waals surface area contributed by atoms with E-state index in [0.29, 0.717) is 12.0 Å². The Labute approximate surface area is 113 Å². The van der Waals surface area contributed by atoms with E-state index in [4.69, 9.17) is 4.74 Å². The second-order valence-corrected chi connectivity index (χ2v) is 5.28. The number of aryl methyl sites for hydroxylation is 1. The summed E-state index contributed by atoms with van der Waals surface area (Å²) in [7, 11) is 1.78. The summed E-state index contributed by atoms with van der Waals surface area (Å²) in [5.41, 5.74) is 1.90. The van der Waals surface area contributed by atoms with Crippen molar-refractivity contribution >= 4 is 11.5 Å². The Morgan fingerprint density at radius 3 is 3.21 bits per heavy atom. The van der Waals surface area contributed by atoms with Gasteiger partial charge in [-0.3, -0.25) is 0 Å². The van der Waals surface area contributed by atoms with Crippen LogP contribution >= 0.6 is 0 Å². The van der Waals surface area contributed by atoms with Crippen molar-refractivity contribution < 1.29 is 4.74 Å². The van der Waals surface area contributed by atoms with E-state index >= 15 is 0 Å². The van der Waals surface area contributed by atoms with E-state index in [0.717, 1.165) is 23.8 Å². The minimum atomic E-state index is 0.467. The molecule has 19 heavy (non-hydrogen) atoms. The molecule has 1 fully saturated rings. The molecule has 3 rings (SSSR count). The summed E-state index contributed by atoms with van der Waals surface area (Å²) >= 11 is 0. The van der Waals surface area contributed by atoms with Gasteiger partial charge >= 0.3 is 0 Å². The monoisotopic (exact) mass is 260 g/mol. The highest BCUT2D eigenvalue weighted by molar-refractivity contribution is 5.49. The largest absolute Gasteiger partial charge is 0.384 e. The van der Waals surface area contributed by atoms with Crippen LogP contribution in [0, 0.1) is 12.8 Å². The minimum absolute atomic E-state index is 0.467. The van der Waals surface area contributed by atoms with Crippen LogP contribution in [0.15, 0.2) is 18.3 Å². The summed E-state index contributed by atoms with van der Waals surface area (Å²) in [6, 6.07) is 4.45. The molecule has 2 atom stereocenters. The fourth-order valence-corrected chi connectivity index (χ4v) is 2.97. The number of hydrogen-bond donors (Lipinski definition) is 1. The van der Waals surface area contributed by atoms with E-state index in [1.165, 1.54) is 19.3 Å². The van der Waals surface area contributed by atoms with Gasteiger partial charge in [-0.2, -0.15) is 9.61 Å². The van der Waals surface area contributed by atoms with E-state index in [9.17, 15) is 0 Å². The van der Waals surface area contributed by atoms with Crippen LogP contribution in [0.5, 0.6) is 0 Å². The Morgan fingerprint density at radius 2 is 2.37 bits per heavy atom. The molecule has 2 unspecified atom stereocenters. The van der Waals surface area contributed by atoms with Gasteiger partial charge in [-0.15, -0.1) is 0 Å². The molecule has 102 valence electrons. The maximum absolute atomic E-state index is 5.32. The number of fused-ring (bicyclic) bond motifs is 1. The smallest absolute Gasteiger partial charge is 0.157 e. The first-order valence-corrected chi connectivity index (χ1v) is 6.85. The average molecular weight is 260 g/mol. The Hall–Kier alpha value is -1.62. The highest BCUT2D eigenvalue weighted by Crippen LogP contribution is 2.28. The summed E-state index contributed by atoms with van der Waals surface area (Å²) < 4.78 is 7.19. The number of rotatable bonds is 4. The van der Waals surface area contributed by atoms with Gasteiger partial charge in [-0.25, -0.2) is 4.98 Å². The summed E-state index contributed by atoms with van der Waals surface area (Å²) in [6.07, 6.45) is 5.47.